The van der Waals surface area contributed by atoms with Crippen LogP contribution in [0.2, 0.25) is 0 Å². The molecular formula is C20H23N3O3S. The molecule has 1 saturated heterocycles. The van der Waals surface area contributed by atoms with Crippen molar-refractivity contribution >= 4 is 29.0 Å². The second kappa shape index (κ2) is 8.43. The molecule has 1 aliphatic heterocycles. The highest BCUT2D eigenvalue weighted by atomic mass is 32.2. The summed E-state index contributed by atoms with van der Waals surface area (Å²) in [5.74, 6) is 0.603. The zero-order valence-corrected chi connectivity index (χ0v) is 16.4. The topological polar surface area (TPSA) is 66.7 Å². The number of amides is 1. The molecule has 142 valence electrons. The molecule has 1 aliphatic rings. The van der Waals surface area contributed by atoms with Crippen LogP contribution < -0.4 is 4.90 Å². The Morgan fingerprint density at radius 3 is 2.37 bits per heavy atom. The van der Waals surface area contributed by atoms with Gasteiger partial charge in [0, 0.05) is 48.9 Å². The molecule has 0 saturated carbocycles. The van der Waals surface area contributed by atoms with E-state index in [0.717, 1.165) is 23.7 Å². The molecule has 2 aromatic rings. The van der Waals surface area contributed by atoms with Gasteiger partial charge in [0.1, 0.15) is 0 Å². The van der Waals surface area contributed by atoms with E-state index < -0.39 is 4.92 Å². The third-order valence-corrected chi connectivity index (χ3v) is 5.89. The first-order valence-corrected chi connectivity index (χ1v) is 9.90. The highest BCUT2D eigenvalue weighted by Gasteiger charge is 2.21. The summed E-state index contributed by atoms with van der Waals surface area (Å²) in [6, 6.07) is 12.9. The van der Waals surface area contributed by atoms with Crippen molar-refractivity contribution in [2.45, 2.75) is 18.7 Å². The molecule has 0 unspecified atom stereocenters. The van der Waals surface area contributed by atoms with Crippen molar-refractivity contribution in [3.63, 3.8) is 0 Å². The Morgan fingerprint density at radius 1 is 1.07 bits per heavy atom. The molecule has 7 heteroatoms. The van der Waals surface area contributed by atoms with Gasteiger partial charge in [-0.25, -0.2) is 0 Å². The quantitative estimate of drug-likeness (QED) is 0.446. The molecule has 2 aromatic carbocycles. The van der Waals surface area contributed by atoms with Crippen LogP contribution >= 0.6 is 11.8 Å². The molecule has 3 rings (SSSR count). The van der Waals surface area contributed by atoms with Gasteiger partial charge in [-0.2, -0.15) is 0 Å². The van der Waals surface area contributed by atoms with E-state index in [4.69, 9.17) is 0 Å². The largest absolute Gasteiger partial charge is 0.368 e. The number of non-ortho nitro benzene ring substituents is 1. The number of thioether (sulfide) groups is 1. The molecule has 0 N–H and O–H groups in total. The molecule has 6 nitrogen and oxygen atoms in total. The van der Waals surface area contributed by atoms with E-state index in [1.807, 2.05) is 4.90 Å². The van der Waals surface area contributed by atoms with Crippen molar-refractivity contribution in [3.8, 4) is 0 Å². The Morgan fingerprint density at radius 2 is 1.74 bits per heavy atom. The minimum atomic E-state index is -0.395. The molecule has 0 bridgehead atoms. The van der Waals surface area contributed by atoms with E-state index >= 15 is 0 Å². The lowest BCUT2D eigenvalue weighted by Crippen LogP contribution is -2.49. The van der Waals surface area contributed by atoms with Crippen LogP contribution in [0.3, 0.4) is 0 Å². The zero-order chi connectivity index (χ0) is 19.4. The van der Waals surface area contributed by atoms with Crippen molar-refractivity contribution < 1.29 is 9.72 Å². The van der Waals surface area contributed by atoms with E-state index in [-0.39, 0.29) is 11.6 Å². The third kappa shape index (κ3) is 4.80. The second-order valence-corrected chi connectivity index (χ2v) is 7.72. The van der Waals surface area contributed by atoms with Crippen molar-refractivity contribution in [3.05, 3.63) is 63.7 Å². The number of carbonyl (C=O) groups is 1. The predicted molar refractivity (Wildman–Crippen MR) is 109 cm³/mol. The highest BCUT2D eigenvalue weighted by Crippen LogP contribution is 2.25. The van der Waals surface area contributed by atoms with E-state index in [1.54, 1.807) is 23.9 Å². The smallest absolute Gasteiger partial charge is 0.269 e. The van der Waals surface area contributed by atoms with Gasteiger partial charge in [0.05, 0.1) is 10.7 Å². The van der Waals surface area contributed by atoms with Gasteiger partial charge in [-0.05, 0) is 37.6 Å². The second-order valence-electron chi connectivity index (χ2n) is 6.70. The van der Waals surface area contributed by atoms with E-state index in [1.165, 1.54) is 23.3 Å². The maximum atomic E-state index is 12.5. The van der Waals surface area contributed by atoms with Crippen molar-refractivity contribution in [1.82, 2.24) is 4.90 Å². The molecule has 1 fully saturated rings. The Bertz CT molecular complexity index is 831. The summed E-state index contributed by atoms with van der Waals surface area (Å²) < 4.78 is 0. The van der Waals surface area contributed by atoms with Crippen LogP contribution in [0.25, 0.3) is 0 Å². The standard InChI is InChI=1S/C20H23N3O3S/c1-15-3-4-16(2)19(13-15)27-14-20(24)22-11-9-21(10-12-22)17-5-7-18(8-6-17)23(25)26/h3-8,13H,9-12,14H2,1-2H3. The Kier molecular flexibility index (Phi) is 6.01. The van der Waals surface area contributed by atoms with E-state index in [9.17, 15) is 14.9 Å². The molecule has 0 aliphatic carbocycles. The van der Waals surface area contributed by atoms with Crippen LogP contribution in [0, 0.1) is 24.0 Å². The van der Waals surface area contributed by atoms with Crippen molar-refractivity contribution in [1.29, 1.82) is 0 Å². The number of nitrogens with zero attached hydrogens (tertiary/aromatic N) is 3. The summed E-state index contributed by atoms with van der Waals surface area (Å²) >= 11 is 1.60. The van der Waals surface area contributed by atoms with Crippen LogP contribution in [0.5, 0.6) is 0 Å². The number of carbonyl (C=O) groups excluding carboxylic acids is 1. The van der Waals surface area contributed by atoms with E-state index in [0.29, 0.717) is 18.8 Å². The first-order valence-electron chi connectivity index (χ1n) is 8.91. The maximum Gasteiger partial charge on any atom is 0.269 e. The molecular weight excluding hydrogens is 362 g/mol. The third-order valence-electron chi connectivity index (χ3n) is 4.75. The number of rotatable bonds is 5. The molecule has 1 amide bonds. The highest BCUT2D eigenvalue weighted by molar-refractivity contribution is 8.00. The molecule has 0 radical (unpaired) electrons. The first kappa shape index (κ1) is 19.2. The first-order chi connectivity index (χ1) is 12.9. The summed E-state index contributed by atoms with van der Waals surface area (Å²) in [6.45, 7) is 6.93. The number of benzene rings is 2. The number of hydrogen-bond acceptors (Lipinski definition) is 5. The van der Waals surface area contributed by atoms with Crippen molar-refractivity contribution in [2.24, 2.45) is 0 Å². The minimum absolute atomic E-state index is 0.0935. The maximum absolute atomic E-state index is 12.5. The summed E-state index contributed by atoms with van der Waals surface area (Å²) in [7, 11) is 0. The average Bonchev–Trinajstić information content (AvgIpc) is 2.68. The van der Waals surface area contributed by atoms with E-state index in [2.05, 4.69) is 36.9 Å². The van der Waals surface area contributed by atoms with Gasteiger partial charge in [-0.3, -0.25) is 14.9 Å². The molecule has 0 atom stereocenters. The summed E-state index contributed by atoms with van der Waals surface area (Å²) in [5.41, 5.74) is 3.45. The fraction of sp³-hybridized carbons (Fsp3) is 0.350. The minimum Gasteiger partial charge on any atom is -0.368 e. The van der Waals surface area contributed by atoms with Gasteiger partial charge >= 0.3 is 0 Å². The van der Waals surface area contributed by atoms with Gasteiger partial charge < -0.3 is 9.80 Å². The van der Waals surface area contributed by atoms with Crippen LogP contribution in [0.15, 0.2) is 47.4 Å². The lowest BCUT2D eigenvalue weighted by atomic mass is 10.2. The number of piperazine rings is 1. The molecule has 27 heavy (non-hydrogen) atoms. The van der Waals surface area contributed by atoms with Gasteiger partial charge in [0.25, 0.3) is 5.69 Å². The SMILES string of the molecule is Cc1ccc(C)c(SCC(=O)N2CCN(c3ccc([N+](=O)[O-])cc3)CC2)c1. The number of nitro benzene ring substituents is 1. The van der Waals surface area contributed by atoms with Crippen molar-refractivity contribution in [2.75, 3.05) is 36.8 Å². The number of nitro groups is 1. The fourth-order valence-corrected chi connectivity index (χ4v) is 4.12. The van der Waals surface area contributed by atoms with Gasteiger partial charge in [-0.15, -0.1) is 11.8 Å². The van der Waals surface area contributed by atoms with Crippen LogP contribution in [-0.2, 0) is 4.79 Å². The predicted octanol–water partition coefficient (Wildman–Crippen LogP) is 3.65. The normalized spacial score (nSPS) is 14.3. The van der Waals surface area contributed by atoms with Gasteiger partial charge in [0.2, 0.25) is 5.91 Å². The van der Waals surface area contributed by atoms with Crippen LogP contribution in [0.1, 0.15) is 11.1 Å². The number of aryl methyl sites for hydroxylation is 2. The Balaban J connectivity index is 1.51. The Hall–Kier alpha value is -2.54. The molecule has 1 heterocycles. The Labute approximate surface area is 163 Å². The number of hydrogen-bond donors (Lipinski definition) is 0. The monoisotopic (exact) mass is 385 g/mol. The summed E-state index contributed by atoms with van der Waals surface area (Å²) in [6.07, 6.45) is 0. The number of anilines is 1. The molecule has 0 spiro atoms. The average molecular weight is 385 g/mol. The lowest BCUT2D eigenvalue weighted by molar-refractivity contribution is -0.384. The van der Waals surface area contributed by atoms with Gasteiger partial charge in [0.15, 0.2) is 0 Å². The molecule has 0 aromatic heterocycles. The lowest BCUT2D eigenvalue weighted by Gasteiger charge is -2.36. The fourth-order valence-electron chi connectivity index (χ4n) is 3.09. The van der Waals surface area contributed by atoms with Gasteiger partial charge in [-0.1, -0.05) is 17.7 Å². The summed E-state index contributed by atoms with van der Waals surface area (Å²) in [5, 5.41) is 10.8. The van der Waals surface area contributed by atoms with Crippen LogP contribution in [-0.4, -0.2) is 47.7 Å². The van der Waals surface area contributed by atoms with Crippen LogP contribution in [0.4, 0.5) is 11.4 Å². The zero-order valence-electron chi connectivity index (χ0n) is 15.6. The summed E-state index contributed by atoms with van der Waals surface area (Å²) in [4.78, 5) is 28.1.